The molecule has 5 nitrogen and oxygen atoms in total. The lowest BCUT2D eigenvalue weighted by molar-refractivity contribution is -0.118. The highest BCUT2D eigenvalue weighted by atomic mass is 32.2. The summed E-state index contributed by atoms with van der Waals surface area (Å²) in [7, 11) is 0. The molecule has 1 amide bonds. The van der Waals surface area contributed by atoms with Gasteiger partial charge in [0, 0.05) is 5.56 Å². The number of benzene rings is 2. The Morgan fingerprint density at radius 3 is 2.52 bits per heavy atom. The van der Waals surface area contributed by atoms with E-state index in [2.05, 4.69) is 15.5 Å². The number of furan rings is 1. The number of thioether (sulfide) groups is 1. The van der Waals surface area contributed by atoms with Crippen LogP contribution in [-0.4, -0.2) is 22.5 Å². The largest absolute Gasteiger partial charge is 0.455 e. The fourth-order valence-electron chi connectivity index (χ4n) is 2.73. The summed E-state index contributed by atoms with van der Waals surface area (Å²) in [4.78, 5) is 12.1. The van der Waals surface area contributed by atoms with Gasteiger partial charge in [-0.15, -0.1) is 5.10 Å². The van der Waals surface area contributed by atoms with Crippen LogP contribution in [0.25, 0.3) is 11.3 Å². The van der Waals surface area contributed by atoms with Crippen molar-refractivity contribution in [3.63, 3.8) is 0 Å². The lowest BCUT2D eigenvalue weighted by atomic mass is 10.1. The lowest BCUT2D eigenvalue weighted by Crippen LogP contribution is -2.25. The van der Waals surface area contributed by atoms with Crippen molar-refractivity contribution in [2.45, 2.75) is 11.7 Å². The van der Waals surface area contributed by atoms with Crippen molar-refractivity contribution in [1.82, 2.24) is 5.32 Å². The molecule has 27 heavy (non-hydrogen) atoms. The molecule has 134 valence electrons. The van der Waals surface area contributed by atoms with Gasteiger partial charge in [0.15, 0.2) is 5.17 Å². The maximum Gasteiger partial charge on any atom is 0.239 e. The highest BCUT2D eigenvalue weighted by Crippen LogP contribution is 2.24. The van der Waals surface area contributed by atoms with Crippen LogP contribution in [-0.2, 0) is 11.2 Å². The Labute approximate surface area is 161 Å². The van der Waals surface area contributed by atoms with Crippen molar-refractivity contribution >= 4 is 29.1 Å². The Hall–Kier alpha value is -3.12. The Kier molecular flexibility index (Phi) is 5.16. The second-order valence-electron chi connectivity index (χ2n) is 6.00. The molecule has 0 aliphatic carbocycles. The van der Waals surface area contributed by atoms with Crippen molar-refractivity contribution in [3.8, 4) is 11.3 Å². The molecule has 1 fully saturated rings. The van der Waals surface area contributed by atoms with E-state index in [9.17, 15) is 4.79 Å². The maximum absolute atomic E-state index is 12.1. The van der Waals surface area contributed by atoms with Crippen molar-refractivity contribution < 1.29 is 9.21 Å². The number of amides is 1. The van der Waals surface area contributed by atoms with Gasteiger partial charge in [0.05, 0.1) is 11.5 Å². The quantitative estimate of drug-likeness (QED) is 0.539. The fourth-order valence-corrected chi connectivity index (χ4v) is 3.70. The standard InChI is InChI=1S/C21H17N3O2S/c25-20-19(13-15-7-3-1-4-8-15)27-21(23-20)24-22-14-17-11-12-18(26-17)16-9-5-2-6-10-16/h1-12,14,19H,13H2,(H,23,24,25)/t19-/m0/s1. The first-order valence-corrected chi connectivity index (χ1v) is 9.43. The number of amidine groups is 1. The summed E-state index contributed by atoms with van der Waals surface area (Å²) in [6, 6.07) is 23.5. The molecule has 2 heterocycles. The molecule has 4 rings (SSSR count). The molecule has 1 aliphatic rings. The summed E-state index contributed by atoms with van der Waals surface area (Å²) in [6.45, 7) is 0. The molecule has 3 aromatic rings. The number of carbonyl (C=O) groups excluding carboxylic acids is 1. The first kappa shape index (κ1) is 17.3. The zero-order valence-electron chi connectivity index (χ0n) is 14.4. The smallest absolute Gasteiger partial charge is 0.239 e. The van der Waals surface area contributed by atoms with Crippen LogP contribution in [0.3, 0.4) is 0 Å². The Balaban J connectivity index is 1.38. The SMILES string of the molecule is O=C1N/C(=N\N=Cc2ccc(-c3ccccc3)o2)S[C@H]1Cc1ccccc1. The third-order valence-corrected chi connectivity index (χ3v) is 5.13. The van der Waals surface area contributed by atoms with Gasteiger partial charge in [0.2, 0.25) is 5.91 Å². The van der Waals surface area contributed by atoms with Gasteiger partial charge in [-0.2, -0.15) is 5.10 Å². The number of carbonyl (C=O) groups is 1. The van der Waals surface area contributed by atoms with E-state index < -0.39 is 0 Å². The molecule has 0 bridgehead atoms. The van der Waals surface area contributed by atoms with Crippen LogP contribution in [0.5, 0.6) is 0 Å². The summed E-state index contributed by atoms with van der Waals surface area (Å²) in [5.41, 5.74) is 2.13. The molecule has 2 aromatic carbocycles. The van der Waals surface area contributed by atoms with Crippen molar-refractivity contribution in [2.24, 2.45) is 10.2 Å². The van der Waals surface area contributed by atoms with E-state index in [4.69, 9.17) is 4.42 Å². The van der Waals surface area contributed by atoms with Gasteiger partial charge in [-0.05, 0) is 24.1 Å². The van der Waals surface area contributed by atoms with Gasteiger partial charge >= 0.3 is 0 Å². The summed E-state index contributed by atoms with van der Waals surface area (Å²) in [5.74, 6) is 1.34. The van der Waals surface area contributed by atoms with Gasteiger partial charge < -0.3 is 9.73 Å². The topological polar surface area (TPSA) is 67.0 Å². The van der Waals surface area contributed by atoms with E-state index in [-0.39, 0.29) is 11.2 Å². The molecule has 1 atom stereocenters. The predicted octanol–water partition coefficient (Wildman–Crippen LogP) is 4.11. The fraction of sp³-hybridized carbons (Fsp3) is 0.0952. The molecule has 1 aromatic heterocycles. The van der Waals surface area contributed by atoms with Gasteiger partial charge in [0.25, 0.3) is 0 Å². The van der Waals surface area contributed by atoms with Gasteiger partial charge in [-0.3, -0.25) is 4.79 Å². The Bertz CT molecular complexity index is 981. The van der Waals surface area contributed by atoms with Crippen LogP contribution >= 0.6 is 11.8 Å². The zero-order chi connectivity index (χ0) is 18.5. The Morgan fingerprint density at radius 2 is 1.74 bits per heavy atom. The number of rotatable bonds is 5. The van der Waals surface area contributed by atoms with E-state index in [1.807, 2.05) is 72.8 Å². The van der Waals surface area contributed by atoms with Gasteiger partial charge in [-0.25, -0.2) is 0 Å². The first-order valence-electron chi connectivity index (χ1n) is 8.56. The maximum atomic E-state index is 12.1. The summed E-state index contributed by atoms with van der Waals surface area (Å²) in [6.07, 6.45) is 2.20. The molecule has 0 unspecified atom stereocenters. The van der Waals surface area contributed by atoms with E-state index >= 15 is 0 Å². The first-order chi connectivity index (χ1) is 13.3. The number of hydrogen-bond acceptors (Lipinski definition) is 5. The molecule has 1 aliphatic heterocycles. The van der Waals surface area contributed by atoms with Crippen molar-refractivity contribution in [2.75, 3.05) is 0 Å². The third kappa shape index (κ3) is 4.35. The summed E-state index contributed by atoms with van der Waals surface area (Å²) < 4.78 is 5.74. The number of nitrogens with zero attached hydrogens (tertiary/aromatic N) is 2. The normalized spacial score (nSPS) is 18.3. The second-order valence-corrected chi connectivity index (χ2v) is 7.19. The molecule has 1 N–H and O–H groups in total. The van der Waals surface area contributed by atoms with Crippen LogP contribution in [0, 0.1) is 0 Å². The molecule has 6 heteroatoms. The number of nitrogens with one attached hydrogen (secondary N) is 1. The Morgan fingerprint density at radius 1 is 1.00 bits per heavy atom. The van der Waals surface area contributed by atoms with E-state index in [1.54, 1.807) is 0 Å². The van der Waals surface area contributed by atoms with Crippen LogP contribution in [0.4, 0.5) is 0 Å². The predicted molar refractivity (Wildman–Crippen MR) is 109 cm³/mol. The van der Waals surface area contributed by atoms with Gasteiger partial charge in [0.1, 0.15) is 11.5 Å². The third-order valence-electron chi connectivity index (χ3n) is 4.06. The van der Waals surface area contributed by atoms with E-state index in [1.165, 1.54) is 18.0 Å². The minimum atomic E-state index is -0.186. The van der Waals surface area contributed by atoms with Crippen LogP contribution in [0.15, 0.2) is 87.4 Å². The molecule has 0 radical (unpaired) electrons. The molecule has 1 saturated heterocycles. The second kappa shape index (κ2) is 8.05. The zero-order valence-corrected chi connectivity index (χ0v) is 15.2. The summed E-state index contributed by atoms with van der Waals surface area (Å²) >= 11 is 1.40. The average Bonchev–Trinajstić information content (AvgIpc) is 3.31. The molecular weight excluding hydrogens is 358 g/mol. The van der Waals surface area contributed by atoms with Gasteiger partial charge in [-0.1, -0.05) is 72.4 Å². The molecule has 0 saturated carbocycles. The summed E-state index contributed by atoms with van der Waals surface area (Å²) in [5, 5.41) is 11.2. The average molecular weight is 375 g/mol. The highest BCUT2D eigenvalue weighted by Gasteiger charge is 2.30. The highest BCUT2D eigenvalue weighted by molar-refractivity contribution is 8.15. The van der Waals surface area contributed by atoms with Crippen molar-refractivity contribution in [1.29, 1.82) is 0 Å². The minimum absolute atomic E-state index is 0.0397. The lowest BCUT2D eigenvalue weighted by Gasteiger charge is -2.04. The molecular formula is C21H17N3O2S. The molecule has 0 spiro atoms. The van der Waals surface area contributed by atoms with Crippen molar-refractivity contribution in [3.05, 3.63) is 84.1 Å². The van der Waals surface area contributed by atoms with Crippen LogP contribution in [0.2, 0.25) is 0 Å². The van der Waals surface area contributed by atoms with Crippen LogP contribution in [0.1, 0.15) is 11.3 Å². The number of hydrogen-bond donors (Lipinski definition) is 1. The van der Waals surface area contributed by atoms with E-state index in [0.717, 1.165) is 16.9 Å². The van der Waals surface area contributed by atoms with E-state index in [0.29, 0.717) is 17.3 Å². The van der Waals surface area contributed by atoms with Crippen LogP contribution < -0.4 is 5.32 Å². The monoisotopic (exact) mass is 375 g/mol. The minimum Gasteiger partial charge on any atom is -0.455 e.